The van der Waals surface area contributed by atoms with Gasteiger partial charge < -0.3 is 9.30 Å². The summed E-state index contributed by atoms with van der Waals surface area (Å²) in [4.78, 5) is 12.4. The first-order chi connectivity index (χ1) is 12.6. The van der Waals surface area contributed by atoms with E-state index >= 15 is 0 Å². The van der Waals surface area contributed by atoms with Gasteiger partial charge in [-0.3, -0.25) is 9.89 Å². The van der Waals surface area contributed by atoms with Gasteiger partial charge in [0.15, 0.2) is 0 Å². The molecular weight excluding hydrogens is 373 g/mol. The summed E-state index contributed by atoms with van der Waals surface area (Å²) in [5.74, 6) is -0.283. The van der Waals surface area contributed by atoms with Gasteiger partial charge in [0.1, 0.15) is 0 Å². The minimum Gasteiger partial charge on any atom is -0.466 e. The molecule has 5 nitrogen and oxygen atoms in total. The van der Waals surface area contributed by atoms with E-state index in [0.29, 0.717) is 23.1 Å². The number of aromatic amines is 1. The van der Waals surface area contributed by atoms with Crippen LogP contribution in [-0.4, -0.2) is 27.3 Å². The second kappa shape index (κ2) is 6.97. The van der Waals surface area contributed by atoms with Gasteiger partial charge in [0.05, 0.1) is 34.3 Å². The van der Waals surface area contributed by atoms with Gasteiger partial charge in [-0.15, -0.1) is 0 Å². The second-order valence-electron chi connectivity index (χ2n) is 6.51. The Balaban J connectivity index is 1.95. The monoisotopic (exact) mass is 391 g/mol. The smallest absolute Gasteiger partial charge is 0.309 e. The van der Waals surface area contributed by atoms with E-state index in [1.807, 2.05) is 25.3 Å². The minimum atomic E-state index is -0.152. The lowest BCUT2D eigenvalue weighted by atomic mass is 9.95. The Morgan fingerprint density at radius 3 is 3.00 bits per heavy atom. The Bertz CT molecular complexity index is 963. The summed E-state index contributed by atoms with van der Waals surface area (Å²) in [5, 5.41) is 9.08. The van der Waals surface area contributed by atoms with Gasteiger partial charge in [-0.2, -0.15) is 5.10 Å². The van der Waals surface area contributed by atoms with E-state index in [2.05, 4.69) is 14.8 Å². The number of hydrogen-bond donors (Lipinski definition) is 1. The largest absolute Gasteiger partial charge is 0.466 e. The number of nitrogens with one attached hydrogen (secondary N) is 1. The molecule has 0 saturated heterocycles. The minimum absolute atomic E-state index is 0.131. The molecule has 1 aliphatic rings. The van der Waals surface area contributed by atoms with Crippen molar-refractivity contribution < 1.29 is 9.53 Å². The molecule has 26 heavy (non-hydrogen) atoms. The van der Waals surface area contributed by atoms with Crippen LogP contribution in [0, 0.1) is 5.92 Å². The number of nitrogens with zero attached hydrogens (tertiary/aromatic N) is 2. The molecule has 0 saturated carbocycles. The Labute approximate surface area is 161 Å². The molecule has 3 aromatic rings. The van der Waals surface area contributed by atoms with E-state index in [1.54, 1.807) is 6.20 Å². The maximum absolute atomic E-state index is 12.4. The van der Waals surface area contributed by atoms with Crippen LogP contribution >= 0.6 is 23.2 Å². The van der Waals surface area contributed by atoms with Crippen LogP contribution < -0.4 is 0 Å². The number of carbonyl (C=O) groups excluding carboxylic acids is 1. The molecule has 0 radical (unpaired) electrons. The Hall–Kier alpha value is -1.98. The van der Waals surface area contributed by atoms with Crippen LogP contribution in [0.3, 0.4) is 0 Å². The summed E-state index contributed by atoms with van der Waals surface area (Å²) >= 11 is 12.9. The zero-order chi connectivity index (χ0) is 18.3. The molecule has 1 atom stereocenters. The number of H-pyrrole nitrogens is 1. The molecule has 1 aliphatic heterocycles. The average molecular weight is 392 g/mol. The molecule has 0 bridgehead atoms. The molecule has 1 N–H and O–H groups in total. The van der Waals surface area contributed by atoms with E-state index in [-0.39, 0.29) is 11.9 Å². The molecular formula is C19H19Cl2N3O2. The number of ether oxygens (including phenoxy) is 1. The van der Waals surface area contributed by atoms with Gasteiger partial charge in [-0.1, -0.05) is 29.3 Å². The summed E-state index contributed by atoms with van der Waals surface area (Å²) < 4.78 is 7.50. The van der Waals surface area contributed by atoms with Gasteiger partial charge in [0.25, 0.3) is 0 Å². The van der Waals surface area contributed by atoms with Crippen LogP contribution in [0.15, 0.2) is 24.5 Å². The molecule has 3 heterocycles. The number of benzene rings is 1. The van der Waals surface area contributed by atoms with Crippen molar-refractivity contribution in [2.24, 2.45) is 5.92 Å². The standard InChI is InChI=1S/C19H19Cl2N3O2/c1-2-26-19(25)11-4-3-7-24-15(8-11)16(12-9-22-23-10-12)13-5-6-14(20)17(21)18(13)24/h5-6,9-11H,2-4,7-8H2,1H3,(H,22,23). The predicted octanol–water partition coefficient (Wildman–Crippen LogP) is 4.85. The van der Waals surface area contributed by atoms with Crippen LogP contribution in [0.4, 0.5) is 0 Å². The maximum atomic E-state index is 12.4. The molecule has 136 valence electrons. The quantitative estimate of drug-likeness (QED) is 0.648. The molecule has 1 aromatic carbocycles. The SMILES string of the molecule is CCOC(=O)C1CCCn2c(c(-c3cn[nH]c3)c3ccc(Cl)c(Cl)c32)C1. The number of fused-ring (bicyclic) bond motifs is 3. The van der Waals surface area contributed by atoms with E-state index in [0.717, 1.165) is 47.1 Å². The highest BCUT2D eigenvalue weighted by molar-refractivity contribution is 6.45. The van der Waals surface area contributed by atoms with Crippen molar-refractivity contribution in [1.29, 1.82) is 0 Å². The summed E-state index contributed by atoms with van der Waals surface area (Å²) in [6.45, 7) is 3.03. The van der Waals surface area contributed by atoms with Crippen molar-refractivity contribution >= 4 is 40.1 Å². The first kappa shape index (κ1) is 17.4. The number of rotatable bonds is 3. The lowest BCUT2D eigenvalue weighted by Crippen LogP contribution is -2.19. The molecule has 7 heteroatoms. The number of carbonyl (C=O) groups is 1. The highest BCUT2D eigenvalue weighted by Crippen LogP contribution is 2.42. The summed E-state index contributed by atoms with van der Waals surface area (Å²) in [6.07, 6.45) is 5.95. The summed E-state index contributed by atoms with van der Waals surface area (Å²) in [5.41, 5.74) is 4.05. The van der Waals surface area contributed by atoms with Crippen molar-refractivity contribution in [3.63, 3.8) is 0 Å². The fourth-order valence-corrected chi connectivity index (χ4v) is 4.31. The average Bonchev–Trinajstić information content (AvgIpc) is 3.18. The zero-order valence-electron chi connectivity index (χ0n) is 14.4. The van der Waals surface area contributed by atoms with Crippen molar-refractivity contribution in [3.05, 3.63) is 40.3 Å². The van der Waals surface area contributed by atoms with Crippen LogP contribution in [0.5, 0.6) is 0 Å². The highest BCUT2D eigenvalue weighted by Gasteiger charge is 2.30. The molecule has 0 aliphatic carbocycles. The van der Waals surface area contributed by atoms with Crippen molar-refractivity contribution in [1.82, 2.24) is 14.8 Å². The third kappa shape index (κ3) is 2.79. The van der Waals surface area contributed by atoms with E-state index in [1.165, 1.54) is 0 Å². The third-order valence-electron chi connectivity index (χ3n) is 5.00. The van der Waals surface area contributed by atoms with Crippen molar-refractivity contribution in [3.8, 4) is 11.1 Å². The number of esters is 1. The van der Waals surface area contributed by atoms with Gasteiger partial charge in [0, 0.05) is 41.4 Å². The summed E-state index contributed by atoms with van der Waals surface area (Å²) in [6, 6.07) is 3.81. The van der Waals surface area contributed by atoms with E-state index in [9.17, 15) is 4.79 Å². The predicted molar refractivity (Wildman–Crippen MR) is 103 cm³/mol. The third-order valence-corrected chi connectivity index (χ3v) is 5.80. The van der Waals surface area contributed by atoms with Crippen LogP contribution in [0.2, 0.25) is 10.0 Å². The lowest BCUT2D eigenvalue weighted by Gasteiger charge is -2.13. The Morgan fingerprint density at radius 2 is 2.27 bits per heavy atom. The fraction of sp³-hybridized carbons (Fsp3) is 0.368. The second-order valence-corrected chi connectivity index (χ2v) is 7.30. The highest BCUT2D eigenvalue weighted by atomic mass is 35.5. The van der Waals surface area contributed by atoms with Crippen LogP contribution in [0.1, 0.15) is 25.5 Å². The molecule has 0 amide bonds. The number of aromatic nitrogens is 3. The zero-order valence-corrected chi connectivity index (χ0v) is 15.9. The molecule has 2 aromatic heterocycles. The van der Waals surface area contributed by atoms with Gasteiger partial charge >= 0.3 is 5.97 Å². The van der Waals surface area contributed by atoms with Gasteiger partial charge in [-0.05, 0) is 25.8 Å². The molecule has 4 rings (SSSR count). The van der Waals surface area contributed by atoms with Crippen molar-refractivity contribution in [2.75, 3.05) is 6.61 Å². The molecule has 0 fully saturated rings. The maximum Gasteiger partial charge on any atom is 0.309 e. The molecule has 0 spiro atoms. The number of hydrogen-bond acceptors (Lipinski definition) is 3. The fourth-order valence-electron chi connectivity index (χ4n) is 3.89. The Morgan fingerprint density at radius 1 is 1.42 bits per heavy atom. The first-order valence-corrected chi connectivity index (χ1v) is 9.52. The van der Waals surface area contributed by atoms with Gasteiger partial charge in [-0.25, -0.2) is 0 Å². The van der Waals surface area contributed by atoms with Crippen molar-refractivity contribution in [2.45, 2.75) is 32.7 Å². The summed E-state index contributed by atoms with van der Waals surface area (Å²) in [7, 11) is 0. The first-order valence-electron chi connectivity index (χ1n) is 8.76. The van der Waals surface area contributed by atoms with E-state index < -0.39 is 0 Å². The number of aryl methyl sites for hydroxylation is 1. The lowest BCUT2D eigenvalue weighted by molar-refractivity contribution is -0.148. The van der Waals surface area contributed by atoms with E-state index in [4.69, 9.17) is 27.9 Å². The van der Waals surface area contributed by atoms with Gasteiger partial charge in [0.2, 0.25) is 0 Å². The topological polar surface area (TPSA) is 59.9 Å². The van der Waals surface area contributed by atoms with Crippen LogP contribution in [-0.2, 0) is 22.5 Å². The van der Waals surface area contributed by atoms with Crippen LogP contribution in [0.25, 0.3) is 22.0 Å². The molecule has 1 unspecified atom stereocenters. The normalized spacial score (nSPS) is 17.1. The Kier molecular flexibility index (Phi) is 4.67. The number of halogens is 2.